The van der Waals surface area contributed by atoms with Crippen molar-refractivity contribution in [2.45, 2.75) is 20.3 Å². The van der Waals surface area contributed by atoms with Gasteiger partial charge in [-0.25, -0.2) is 0 Å². The van der Waals surface area contributed by atoms with Gasteiger partial charge in [-0.2, -0.15) is 5.26 Å². The van der Waals surface area contributed by atoms with E-state index < -0.39 is 5.91 Å². The van der Waals surface area contributed by atoms with Crippen LogP contribution >= 0.6 is 11.3 Å². The molecule has 7 nitrogen and oxygen atoms in total. The first-order valence-electron chi connectivity index (χ1n) is 9.75. The Bertz CT molecular complexity index is 1100. The van der Waals surface area contributed by atoms with Crippen molar-refractivity contribution in [1.82, 2.24) is 10.2 Å². The summed E-state index contributed by atoms with van der Waals surface area (Å²) in [6.45, 7) is 4.79. The normalized spacial score (nSPS) is 10.9. The maximum atomic E-state index is 12.3. The topological polar surface area (TPSA) is 97.1 Å². The van der Waals surface area contributed by atoms with Crippen molar-refractivity contribution in [2.75, 3.05) is 18.5 Å². The summed E-state index contributed by atoms with van der Waals surface area (Å²) in [5.74, 6) is 0.967. The van der Waals surface area contributed by atoms with E-state index in [0.29, 0.717) is 29.7 Å². The molecule has 2 aromatic carbocycles. The molecule has 0 aliphatic carbocycles. The number of hydrogen-bond donors (Lipinski definition) is 1. The fraction of sp³-hybridized carbons (Fsp3) is 0.217. The van der Waals surface area contributed by atoms with Gasteiger partial charge in [0.2, 0.25) is 5.13 Å². The summed E-state index contributed by atoms with van der Waals surface area (Å²) in [5.41, 5.74) is 1.83. The molecule has 0 fully saturated rings. The van der Waals surface area contributed by atoms with Gasteiger partial charge >= 0.3 is 0 Å². The number of benzene rings is 2. The fourth-order valence-corrected chi connectivity index (χ4v) is 3.29. The number of nitrogens with one attached hydrogen (secondary N) is 1. The van der Waals surface area contributed by atoms with Gasteiger partial charge in [-0.15, -0.1) is 10.2 Å². The standard InChI is InChI=1S/C23H22N4O3S/c1-3-21-26-27-23(31-21)25-22(28)18(15-24)14-17-7-9-19(10-8-17)29-11-12-30-20-6-4-5-16(2)13-20/h4-10,13-14H,3,11-12H2,1-2H3,(H,25,27,28)/b18-14-. The Balaban J connectivity index is 1.52. The molecule has 0 aliphatic heterocycles. The summed E-state index contributed by atoms with van der Waals surface area (Å²) < 4.78 is 11.3. The summed E-state index contributed by atoms with van der Waals surface area (Å²) in [7, 11) is 0. The molecule has 0 atom stereocenters. The minimum absolute atomic E-state index is 0.0199. The number of amides is 1. The molecule has 1 heterocycles. The molecule has 158 valence electrons. The molecule has 0 radical (unpaired) electrons. The number of ether oxygens (including phenoxy) is 2. The number of carbonyl (C=O) groups is 1. The summed E-state index contributed by atoms with van der Waals surface area (Å²) >= 11 is 1.29. The first kappa shape index (κ1) is 22.0. The predicted octanol–water partition coefficient (Wildman–Crippen LogP) is 4.41. The molecule has 1 amide bonds. The van der Waals surface area contributed by atoms with Gasteiger partial charge in [0.05, 0.1) is 0 Å². The number of anilines is 1. The average Bonchev–Trinajstić information content (AvgIpc) is 3.23. The van der Waals surface area contributed by atoms with Crippen LogP contribution in [0.1, 0.15) is 23.1 Å². The maximum Gasteiger partial charge on any atom is 0.268 e. The summed E-state index contributed by atoms with van der Waals surface area (Å²) in [5, 5.41) is 21.0. The molecule has 0 unspecified atom stereocenters. The van der Waals surface area contributed by atoms with Crippen LogP contribution in [0.2, 0.25) is 0 Å². The maximum absolute atomic E-state index is 12.3. The van der Waals surface area contributed by atoms with Crippen LogP contribution in [0, 0.1) is 18.3 Å². The van der Waals surface area contributed by atoms with Crippen molar-refractivity contribution in [1.29, 1.82) is 5.26 Å². The third-order valence-electron chi connectivity index (χ3n) is 4.16. The van der Waals surface area contributed by atoms with Gasteiger partial charge in [0, 0.05) is 0 Å². The van der Waals surface area contributed by atoms with Gasteiger partial charge in [0.25, 0.3) is 5.91 Å². The fourth-order valence-electron chi connectivity index (χ4n) is 2.61. The van der Waals surface area contributed by atoms with Crippen molar-refractivity contribution in [3.8, 4) is 17.6 Å². The second kappa shape index (κ2) is 10.9. The lowest BCUT2D eigenvalue weighted by Crippen LogP contribution is -2.13. The van der Waals surface area contributed by atoms with Crippen molar-refractivity contribution in [3.63, 3.8) is 0 Å². The average molecular weight is 435 g/mol. The Kier molecular flexibility index (Phi) is 7.73. The van der Waals surface area contributed by atoms with E-state index in [1.807, 2.05) is 44.2 Å². The van der Waals surface area contributed by atoms with Crippen LogP contribution in [0.15, 0.2) is 54.1 Å². The van der Waals surface area contributed by atoms with Crippen LogP contribution in [-0.4, -0.2) is 29.3 Å². The number of hydrogen-bond acceptors (Lipinski definition) is 7. The highest BCUT2D eigenvalue weighted by Crippen LogP contribution is 2.18. The van der Waals surface area contributed by atoms with E-state index in [0.717, 1.165) is 22.7 Å². The van der Waals surface area contributed by atoms with Gasteiger partial charge < -0.3 is 9.47 Å². The minimum atomic E-state index is -0.519. The molecule has 1 N–H and O–H groups in total. The SMILES string of the molecule is CCc1nnc(NC(=O)/C(C#N)=C\c2ccc(OCCOc3cccc(C)c3)cc2)s1. The molecule has 8 heteroatoms. The summed E-state index contributed by atoms with van der Waals surface area (Å²) in [6, 6.07) is 16.9. The van der Waals surface area contributed by atoms with Gasteiger partial charge in [0.1, 0.15) is 41.4 Å². The number of nitrogens with zero attached hydrogens (tertiary/aromatic N) is 3. The lowest BCUT2D eigenvalue weighted by atomic mass is 10.1. The van der Waals surface area contributed by atoms with Crippen LogP contribution in [0.4, 0.5) is 5.13 Å². The van der Waals surface area contributed by atoms with Crippen molar-refractivity contribution >= 4 is 28.5 Å². The number of nitriles is 1. The van der Waals surface area contributed by atoms with E-state index in [1.165, 1.54) is 17.4 Å². The van der Waals surface area contributed by atoms with E-state index in [2.05, 4.69) is 15.5 Å². The van der Waals surface area contributed by atoms with Crippen LogP contribution in [0.3, 0.4) is 0 Å². The monoisotopic (exact) mass is 434 g/mol. The Hall–Kier alpha value is -3.70. The van der Waals surface area contributed by atoms with E-state index in [1.54, 1.807) is 24.3 Å². The van der Waals surface area contributed by atoms with E-state index in [-0.39, 0.29) is 5.57 Å². The van der Waals surface area contributed by atoms with E-state index >= 15 is 0 Å². The third kappa shape index (κ3) is 6.66. The third-order valence-corrected chi connectivity index (χ3v) is 5.14. The van der Waals surface area contributed by atoms with Gasteiger partial charge in [-0.05, 0) is 54.8 Å². The highest BCUT2D eigenvalue weighted by atomic mass is 32.1. The van der Waals surface area contributed by atoms with Crippen LogP contribution in [-0.2, 0) is 11.2 Å². The van der Waals surface area contributed by atoms with Crippen LogP contribution in [0.25, 0.3) is 6.08 Å². The Morgan fingerprint density at radius 1 is 1.13 bits per heavy atom. The predicted molar refractivity (Wildman–Crippen MR) is 120 cm³/mol. The Morgan fingerprint density at radius 2 is 1.87 bits per heavy atom. The number of rotatable bonds is 9. The molecule has 3 rings (SSSR count). The highest BCUT2D eigenvalue weighted by molar-refractivity contribution is 7.15. The highest BCUT2D eigenvalue weighted by Gasteiger charge is 2.12. The quantitative estimate of drug-likeness (QED) is 0.304. The molecule has 0 aliphatic rings. The molecule has 0 saturated heterocycles. The summed E-state index contributed by atoms with van der Waals surface area (Å²) in [6.07, 6.45) is 2.25. The zero-order valence-electron chi connectivity index (χ0n) is 17.3. The molecular formula is C23H22N4O3S. The smallest absolute Gasteiger partial charge is 0.268 e. The largest absolute Gasteiger partial charge is 0.490 e. The molecule has 0 spiro atoms. The van der Waals surface area contributed by atoms with E-state index in [4.69, 9.17) is 9.47 Å². The second-order valence-electron chi connectivity index (χ2n) is 6.56. The van der Waals surface area contributed by atoms with Crippen molar-refractivity contribution in [3.05, 3.63) is 70.2 Å². The van der Waals surface area contributed by atoms with Gasteiger partial charge in [-0.1, -0.05) is 42.5 Å². The molecule has 3 aromatic rings. The molecule has 0 bridgehead atoms. The first-order chi connectivity index (χ1) is 15.1. The zero-order valence-corrected chi connectivity index (χ0v) is 18.1. The first-order valence-corrected chi connectivity index (χ1v) is 10.6. The Morgan fingerprint density at radius 3 is 2.52 bits per heavy atom. The molecule has 0 saturated carbocycles. The molecule has 1 aromatic heterocycles. The van der Waals surface area contributed by atoms with Crippen LogP contribution < -0.4 is 14.8 Å². The zero-order chi connectivity index (χ0) is 22.1. The number of aromatic nitrogens is 2. The number of carbonyl (C=O) groups excluding carboxylic acids is 1. The van der Waals surface area contributed by atoms with Gasteiger partial charge in [0.15, 0.2) is 0 Å². The lowest BCUT2D eigenvalue weighted by Gasteiger charge is -2.09. The number of aryl methyl sites for hydroxylation is 2. The molecular weight excluding hydrogens is 412 g/mol. The minimum Gasteiger partial charge on any atom is -0.490 e. The van der Waals surface area contributed by atoms with Crippen LogP contribution in [0.5, 0.6) is 11.5 Å². The van der Waals surface area contributed by atoms with Crippen molar-refractivity contribution in [2.24, 2.45) is 0 Å². The lowest BCUT2D eigenvalue weighted by molar-refractivity contribution is -0.112. The van der Waals surface area contributed by atoms with Crippen molar-refractivity contribution < 1.29 is 14.3 Å². The van der Waals surface area contributed by atoms with E-state index in [9.17, 15) is 10.1 Å². The van der Waals surface area contributed by atoms with Gasteiger partial charge in [-0.3, -0.25) is 10.1 Å². The summed E-state index contributed by atoms with van der Waals surface area (Å²) in [4.78, 5) is 12.3. The molecule has 31 heavy (non-hydrogen) atoms. The second-order valence-corrected chi connectivity index (χ2v) is 7.62. The Labute approximate surface area is 185 Å².